The van der Waals surface area contributed by atoms with Crippen LogP contribution in [0.1, 0.15) is 45.7 Å². The number of fused-ring (bicyclic) bond motifs is 1. The van der Waals surface area contributed by atoms with E-state index in [1.165, 1.54) is 23.4 Å². The quantitative estimate of drug-likeness (QED) is 0.655. The minimum absolute atomic E-state index is 0.140. The lowest BCUT2D eigenvalue weighted by molar-refractivity contribution is 0.101. The van der Waals surface area contributed by atoms with E-state index in [1.54, 1.807) is 13.2 Å². The van der Waals surface area contributed by atoms with Crippen LogP contribution >= 0.6 is 0 Å². The van der Waals surface area contributed by atoms with Crippen molar-refractivity contribution in [3.05, 3.63) is 82.4 Å². The fourth-order valence-electron chi connectivity index (χ4n) is 4.22. The number of nitrogens with zero attached hydrogens (tertiary/aromatic N) is 1. The molecule has 4 rings (SSSR count). The largest absolute Gasteiger partial charge is 0.497 e. The van der Waals surface area contributed by atoms with Crippen molar-refractivity contribution in [1.29, 1.82) is 0 Å². The van der Waals surface area contributed by atoms with Gasteiger partial charge in [0.05, 0.1) is 7.11 Å². The molecule has 0 unspecified atom stereocenters. The van der Waals surface area contributed by atoms with Gasteiger partial charge in [0, 0.05) is 17.9 Å². The molecule has 2 aromatic carbocycles. The van der Waals surface area contributed by atoms with E-state index < -0.39 is 0 Å². The van der Waals surface area contributed by atoms with Gasteiger partial charge in [0.15, 0.2) is 0 Å². The van der Waals surface area contributed by atoms with Crippen LogP contribution in [0.5, 0.6) is 5.75 Å². The summed E-state index contributed by atoms with van der Waals surface area (Å²) in [6.07, 6.45) is 4.18. The molecule has 4 nitrogen and oxygen atoms in total. The highest BCUT2D eigenvalue weighted by atomic mass is 19.1. The Hall–Kier alpha value is -3.08. The highest BCUT2D eigenvalue weighted by Crippen LogP contribution is 2.31. The number of aromatic nitrogens is 1. The number of ether oxygens (including phenoxy) is 1. The van der Waals surface area contributed by atoms with Gasteiger partial charge in [0.25, 0.3) is 5.91 Å². The lowest BCUT2D eigenvalue weighted by atomic mass is 9.95. The molecule has 3 aromatic rings. The van der Waals surface area contributed by atoms with Crippen molar-refractivity contribution in [3.8, 4) is 5.75 Å². The minimum Gasteiger partial charge on any atom is -0.497 e. The van der Waals surface area contributed by atoms with E-state index in [4.69, 9.17) is 4.74 Å². The summed E-state index contributed by atoms with van der Waals surface area (Å²) in [6, 6.07) is 13.9. The predicted octanol–water partition coefficient (Wildman–Crippen LogP) is 5.12. The Bertz CT molecular complexity index is 1040. The summed E-state index contributed by atoms with van der Waals surface area (Å²) in [5.41, 5.74) is 5.74. The molecule has 0 fully saturated rings. The van der Waals surface area contributed by atoms with Gasteiger partial charge in [-0.15, -0.1) is 0 Å². The molecule has 0 aliphatic heterocycles. The fraction of sp³-hybridized carbons (Fsp3) is 0.292. The van der Waals surface area contributed by atoms with Crippen LogP contribution in [0.4, 0.5) is 10.1 Å². The molecule has 0 radical (unpaired) electrons. The third-order valence-corrected chi connectivity index (χ3v) is 5.63. The summed E-state index contributed by atoms with van der Waals surface area (Å²) >= 11 is 0. The predicted molar refractivity (Wildman–Crippen MR) is 112 cm³/mol. The van der Waals surface area contributed by atoms with E-state index in [-0.39, 0.29) is 11.7 Å². The van der Waals surface area contributed by atoms with Gasteiger partial charge in [0.1, 0.15) is 17.3 Å². The molecular formula is C24H25FN2O2. The van der Waals surface area contributed by atoms with E-state index >= 15 is 0 Å². The monoisotopic (exact) mass is 392 g/mol. The number of benzene rings is 2. The molecule has 150 valence electrons. The van der Waals surface area contributed by atoms with Gasteiger partial charge in [-0.05, 0) is 85.7 Å². The van der Waals surface area contributed by atoms with Crippen molar-refractivity contribution in [2.24, 2.45) is 0 Å². The Morgan fingerprint density at radius 1 is 1.14 bits per heavy atom. The Morgan fingerprint density at radius 2 is 1.90 bits per heavy atom. The lowest BCUT2D eigenvalue weighted by Gasteiger charge is -2.17. The normalized spacial score (nSPS) is 13.1. The number of anilines is 1. The van der Waals surface area contributed by atoms with Gasteiger partial charge in [-0.25, -0.2) is 4.39 Å². The first-order valence-corrected chi connectivity index (χ1v) is 9.97. The van der Waals surface area contributed by atoms with Crippen molar-refractivity contribution in [2.75, 3.05) is 12.4 Å². The van der Waals surface area contributed by atoms with Crippen LogP contribution in [0.3, 0.4) is 0 Å². The summed E-state index contributed by atoms with van der Waals surface area (Å²) in [5.74, 6) is 0.340. The first-order valence-electron chi connectivity index (χ1n) is 9.97. The molecule has 5 heteroatoms. The van der Waals surface area contributed by atoms with Gasteiger partial charge in [-0.2, -0.15) is 0 Å². The van der Waals surface area contributed by atoms with E-state index in [0.29, 0.717) is 17.9 Å². The first kappa shape index (κ1) is 19.2. The maximum atomic E-state index is 13.7. The SMILES string of the molecule is COc1ccc(NC(=O)c2c(C)c3c(n2Cc2cccc(F)c2)CCCC3)cc1. The number of nitrogens with one attached hydrogen (secondary N) is 1. The number of halogens is 1. The number of rotatable bonds is 5. The Kier molecular flexibility index (Phi) is 5.38. The molecule has 0 spiro atoms. The maximum Gasteiger partial charge on any atom is 0.272 e. The number of hydrogen-bond acceptors (Lipinski definition) is 2. The number of hydrogen-bond donors (Lipinski definition) is 1. The molecular weight excluding hydrogens is 367 g/mol. The van der Waals surface area contributed by atoms with Crippen LogP contribution < -0.4 is 10.1 Å². The van der Waals surface area contributed by atoms with E-state index in [2.05, 4.69) is 9.88 Å². The van der Waals surface area contributed by atoms with Crippen LogP contribution in [0.2, 0.25) is 0 Å². The maximum absolute atomic E-state index is 13.7. The zero-order valence-electron chi connectivity index (χ0n) is 16.8. The van der Waals surface area contributed by atoms with Gasteiger partial charge in [0.2, 0.25) is 0 Å². The third kappa shape index (κ3) is 3.90. The number of carbonyl (C=O) groups excluding carboxylic acids is 1. The Morgan fingerprint density at radius 3 is 2.62 bits per heavy atom. The lowest BCUT2D eigenvalue weighted by Crippen LogP contribution is -2.20. The van der Waals surface area contributed by atoms with Crippen molar-refractivity contribution in [3.63, 3.8) is 0 Å². The van der Waals surface area contributed by atoms with Crippen LogP contribution in [0, 0.1) is 12.7 Å². The van der Waals surface area contributed by atoms with Crippen molar-refractivity contribution in [1.82, 2.24) is 4.57 Å². The number of methoxy groups -OCH3 is 1. The highest BCUT2D eigenvalue weighted by Gasteiger charge is 2.26. The van der Waals surface area contributed by atoms with Crippen LogP contribution in [0.15, 0.2) is 48.5 Å². The number of carbonyl (C=O) groups is 1. The molecule has 0 atom stereocenters. The molecule has 0 saturated heterocycles. The average Bonchev–Trinajstić information content (AvgIpc) is 3.01. The molecule has 1 aliphatic carbocycles. The van der Waals surface area contributed by atoms with Gasteiger partial charge in [-0.3, -0.25) is 4.79 Å². The average molecular weight is 392 g/mol. The van der Waals surface area contributed by atoms with Crippen LogP contribution in [-0.2, 0) is 19.4 Å². The fourth-order valence-corrected chi connectivity index (χ4v) is 4.22. The van der Waals surface area contributed by atoms with Crippen LogP contribution in [0.25, 0.3) is 0 Å². The third-order valence-electron chi connectivity index (χ3n) is 5.63. The van der Waals surface area contributed by atoms with E-state index in [9.17, 15) is 9.18 Å². The van der Waals surface area contributed by atoms with Gasteiger partial charge in [-0.1, -0.05) is 12.1 Å². The first-order chi connectivity index (χ1) is 14.1. The van der Waals surface area contributed by atoms with Gasteiger partial charge >= 0.3 is 0 Å². The molecule has 29 heavy (non-hydrogen) atoms. The second-order valence-electron chi connectivity index (χ2n) is 7.50. The Labute approximate surface area is 170 Å². The zero-order valence-corrected chi connectivity index (χ0v) is 16.8. The summed E-state index contributed by atoms with van der Waals surface area (Å²) in [5, 5.41) is 3.01. The van der Waals surface area contributed by atoms with Crippen molar-refractivity contribution < 1.29 is 13.9 Å². The zero-order chi connectivity index (χ0) is 20.4. The van der Waals surface area contributed by atoms with Gasteiger partial charge < -0.3 is 14.6 Å². The summed E-state index contributed by atoms with van der Waals surface area (Å²) in [4.78, 5) is 13.2. The topological polar surface area (TPSA) is 43.3 Å². The number of amides is 1. The molecule has 1 amide bonds. The van der Waals surface area contributed by atoms with Crippen molar-refractivity contribution in [2.45, 2.75) is 39.2 Å². The summed E-state index contributed by atoms with van der Waals surface area (Å²) in [7, 11) is 1.61. The molecule has 1 N–H and O–H groups in total. The molecule has 1 aliphatic rings. The summed E-state index contributed by atoms with van der Waals surface area (Å²) in [6.45, 7) is 2.51. The van der Waals surface area contributed by atoms with Crippen LogP contribution in [-0.4, -0.2) is 17.6 Å². The smallest absolute Gasteiger partial charge is 0.272 e. The molecule has 0 saturated carbocycles. The highest BCUT2D eigenvalue weighted by molar-refractivity contribution is 6.04. The second-order valence-corrected chi connectivity index (χ2v) is 7.50. The molecule has 1 aromatic heterocycles. The second kappa shape index (κ2) is 8.11. The summed E-state index contributed by atoms with van der Waals surface area (Å²) < 4.78 is 21.0. The van der Waals surface area contributed by atoms with Crippen molar-refractivity contribution >= 4 is 11.6 Å². The van der Waals surface area contributed by atoms with E-state index in [1.807, 2.05) is 37.3 Å². The molecule has 1 heterocycles. The Balaban J connectivity index is 1.70. The standard InChI is InChI=1S/C24H25FN2O2/c1-16-21-8-3-4-9-22(21)27(15-17-6-5-7-18(25)14-17)23(16)24(28)26-19-10-12-20(29-2)13-11-19/h5-7,10-14H,3-4,8-9,15H2,1-2H3,(H,26,28). The van der Waals surface area contributed by atoms with E-state index in [0.717, 1.165) is 42.6 Å². The molecule has 0 bridgehead atoms. The minimum atomic E-state index is -0.260.